The third-order valence-corrected chi connectivity index (χ3v) is 2.78. The Morgan fingerprint density at radius 1 is 0.852 bits per heavy atom. The monoisotopic (exact) mass is 387 g/mol. The van der Waals surface area contributed by atoms with Crippen LogP contribution < -0.4 is 0 Å². The van der Waals surface area contributed by atoms with E-state index in [0.29, 0.717) is 4.90 Å². The molecule has 9 nitrogen and oxygen atoms in total. The van der Waals surface area contributed by atoms with Gasteiger partial charge in [-0.25, -0.2) is 19.2 Å². The summed E-state index contributed by atoms with van der Waals surface area (Å²) >= 11 is 0. The lowest BCUT2D eigenvalue weighted by Gasteiger charge is -2.31. The molecule has 0 fully saturated rings. The smallest absolute Gasteiger partial charge is 0.420 e. The summed E-state index contributed by atoms with van der Waals surface area (Å²) in [6.07, 6.45) is 0.0190. The van der Waals surface area contributed by atoms with Crippen LogP contribution in [-0.4, -0.2) is 60.5 Å². The molecule has 0 aliphatic rings. The van der Waals surface area contributed by atoms with E-state index in [-0.39, 0.29) is 6.42 Å². The Morgan fingerprint density at radius 2 is 1.30 bits per heavy atom. The largest absolute Gasteiger partial charge is 0.467 e. The second kappa shape index (κ2) is 9.94. The molecule has 1 atom stereocenters. The molecular formula is C18H29NO8. The number of amides is 2. The Kier molecular flexibility index (Phi) is 8.99. The van der Waals surface area contributed by atoms with Gasteiger partial charge in [0, 0.05) is 6.08 Å². The van der Waals surface area contributed by atoms with E-state index < -0.39 is 41.4 Å². The first kappa shape index (κ1) is 24.4. The van der Waals surface area contributed by atoms with E-state index in [1.165, 1.54) is 13.2 Å². The number of nitrogens with zero attached hydrogens (tertiary/aromatic N) is 1. The molecule has 0 rings (SSSR count). The van der Waals surface area contributed by atoms with Crippen molar-refractivity contribution in [2.45, 2.75) is 65.2 Å². The number of hydrogen-bond acceptors (Lipinski definition) is 8. The number of methoxy groups -OCH3 is 2. The molecule has 0 aliphatic carbocycles. The normalized spacial score (nSPS) is 12.9. The maximum atomic E-state index is 12.6. The molecule has 9 heteroatoms. The van der Waals surface area contributed by atoms with Gasteiger partial charge >= 0.3 is 24.1 Å². The second-order valence-electron chi connectivity index (χ2n) is 7.53. The van der Waals surface area contributed by atoms with Gasteiger partial charge in [0.15, 0.2) is 0 Å². The van der Waals surface area contributed by atoms with Crippen LogP contribution in [0.1, 0.15) is 48.0 Å². The van der Waals surface area contributed by atoms with E-state index in [2.05, 4.69) is 4.74 Å². The molecule has 0 aromatic carbocycles. The Morgan fingerprint density at radius 3 is 1.63 bits per heavy atom. The average Bonchev–Trinajstić information content (AvgIpc) is 2.49. The van der Waals surface area contributed by atoms with E-state index in [0.717, 1.165) is 13.2 Å². The fourth-order valence-corrected chi connectivity index (χ4v) is 1.76. The van der Waals surface area contributed by atoms with Gasteiger partial charge in [0.1, 0.15) is 17.2 Å². The summed E-state index contributed by atoms with van der Waals surface area (Å²) in [5.41, 5.74) is -1.83. The first-order valence-corrected chi connectivity index (χ1v) is 8.29. The number of esters is 2. The minimum atomic E-state index is -1.39. The second-order valence-corrected chi connectivity index (χ2v) is 7.53. The fraction of sp³-hybridized carbons (Fsp3) is 0.667. The van der Waals surface area contributed by atoms with Gasteiger partial charge in [0.05, 0.1) is 14.2 Å². The molecule has 0 spiro atoms. The Balaban J connectivity index is 5.84. The third kappa shape index (κ3) is 9.62. The molecule has 0 unspecified atom stereocenters. The zero-order valence-electron chi connectivity index (χ0n) is 17.2. The van der Waals surface area contributed by atoms with E-state index >= 15 is 0 Å². The number of hydrogen-bond donors (Lipinski definition) is 0. The highest BCUT2D eigenvalue weighted by atomic mass is 16.6. The molecule has 2 amide bonds. The lowest BCUT2D eigenvalue weighted by molar-refractivity contribution is -0.146. The molecule has 0 aromatic rings. The fourth-order valence-electron chi connectivity index (χ4n) is 1.76. The Bertz CT molecular complexity index is 555. The summed E-state index contributed by atoms with van der Waals surface area (Å²) in [6, 6.07) is -1.39. The van der Waals surface area contributed by atoms with Gasteiger partial charge in [-0.15, -0.1) is 0 Å². The van der Waals surface area contributed by atoms with Crippen LogP contribution in [0.4, 0.5) is 9.59 Å². The minimum absolute atomic E-state index is 0.194. The van der Waals surface area contributed by atoms with Crippen LogP contribution in [0, 0.1) is 0 Å². The van der Waals surface area contributed by atoms with Crippen molar-refractivity contribution in [3.05, 3.63) is 12.2 Å². The van der Waals surface area contributed by atoms with E-state index in [4.69, 9.17) is 14.2 Å². The highest BCUT2D eigenvalue weighted by Crippen LogP contribution is 2.19. The lowest BCUT2D eigenvalue weighted by atomic mass is 10.1. The van der Waals surface area contributed by atoms with Crippen molar-refractivity contribution in [3.8, 4) is 0 Å². The molecule has 0 saturated carbocycles. The summed E-state index contributed by atoms with van der Waals surface area (Å²) in [5, 5.41) is 0. The third-order valence-electron chi connectivity index (χ3n) is 2.78. The first-order chi connectivity index (χ1) is 12.2. The maximum Gasteiger partial charge on any atom is 0.420 e. The molecule has 27 heavy (non-hydrogen) atoms. The van der Waals surface area contributed by atoms with Gasteiger partial charge in [0.2, 0.25) is 0 Å². The lowest BCUT2D eigenvalue weighted by Crippen LogP contribution is -2.52. The van der Waals surface area contributed by atoms with Gasteiger partial charge in [0.25, 0.3) is 0 Å². The predicted octanol–water partition coefficient (Wildman–Crippen LogP) is 2.82. The van der Waals surface area contributed by atoms with Crippen molar-refractivity contribution in [1.29, 1.82) is 0 Å². The van der Waals surface area contributed by atoms with Crippen LogP contribution in [0.3, 0.4) is 0 Å². The molecule has 0 saturated heterocycles. The van der Waals surface area contributed by atoms with Crippen LogP contribution in [0.15, 0.2) is 12.2 Å². The highest BCUT2D eigenvalue weighted by molar-refractivity contribution is 5.94. The number of carbonyl (C=O) groups excluding carboxylic acids is 4. The number of carbonyl (C=O) groups is 4. The summed E-state index contributed by atoms with van der Waals surface area (Å²) in [6.45, 7) is 9.68. The van der Waals surface area contributed by atoms with Crippen LogP contribution in [-0.2, 0) is 28.5 Å². The van der Waals surface area contributed by atoms with Crippen molar-refractivity contribution < 1.29 is 38.1 Å². The quantitative estimate of drug-likeness (QED) is 0.402. The molecule has 0 radical (unpaired) electrons. The topological polar surface area (TPSA) is 108 Å². The molecule has 154 valence electrons. The van der Waals surface area contributed by atoms with E-state index in [9.17, 15) is 19.2 Å². The Labute approximate surface area is 159 Å². The van der Waals surface area contributed by atoms with Gasteiger partial charge in [-0.2, -0.15) is 4.90 Å². The molecule has 0 aromatic heterocycles. The van der Waals surface area contributed by atoms with Gasteiger partial charge in [-0.05, 0) is 48.0 Å². The molecule has 0 N–H and O–H groups in total. The van der Waals surface area contributed by atoms with Crippen molar-refractivity contribution >= 4 is 24.1 Å². The SMILES string of the molecule is COC(=O)/C=C/C[C@@H](C(=O)OC)N(C(=O)OC(C)(C)C)C(=O)OC(C)(C)C. The molecule has 0 bridgehead atoms. The van der Waals surface area contributed by atoms with Crippen molar-refractivity contribution in [3.63, 3.8) is 0 Å². The number of ether oxygens (including phenoxy) is 4. The van der Waals surface area contributed by atoms with Gasteiger partial charge in [-0.3, -0.25) is 0 Å². The average molecular weight is 387 g/mol. The summed E-state index contributed by atoms with van der Waals surface area (Å²) in [4.78, 5) is 49.1. The minimum Gasteiger partial charge on any atom is -0.467 e. The van der Waals surface area contributed by atoms with Gasteiger partial charge in [-0.1, -0.05) is 6.08 Å². The van der Waals surface area contributed by atoms with Crippen molar-refractivity contribution in [1.82, 2.24) is 4.90 Å². The van der Waals surface area contributed by atoms with E-state index in [1.54, 1.807) is 41.5 Å². The Hall–Kier alpha value is -2.58. The highest BCUT2D eigenvalue weighted by Gasteiger charge is 2.40. The van der Waals surface area contributed by atoms with Crippen LogP contribution in [0.5, 0.6) is 0 Å². The van der Waals surface area contributed by atoms with E-state index in [1.807, 2.05) is 0 Å². The summed E-state index contributed by atoms with van der Waals surface area (Å²) in [7, 11) is 2.31. The number of rotatable bonds is 5. The van der Waals surface area contributed by atoms with Gasteiger partial charge < -0.3 is 18.9 Å². The van der Waals surface area contributed by atoms with Crippen LogP contribution >= 0.6 is 0 Å². The molecule has 0 heterocycles. The summed E-state index contributed by atoms with van der Waals surface area (Å²) < 4.78 is 19.6. The first-order valence-electron chi connectivity index (χ1n) is 8.29. The van der Waals surface area contributed by atoms with Crippen LogP contribution in [0.2, 0.25) is 0 Å². The number of imide groups is 1. The van der Waals surface area contributed by atoms with Crippen LogP contribution in [0.25, 0.3) is 0 Å². The summed E-state index contributed by atoms with van der Waals surface area (Å²) in [5.74, 6) is -1.53. The van der Waals surface area contributed by atoms with Crippen molar-refractivity contribution in [2.24, 2.45) is 0 Å². The zero-order valence-corrected chi connectivity index (χ0v) is 17.2. The standard InChI is InChI=1S/C18H29NO8/c1-17(2,3)26-15(22)19(16(23)27-18(4,5)6)12(14(21)25-8)10-9-11-13(20)24-7/h9,11-12H,10H2,1-8H3/b11-9+/t12-/m0/s1. The molecule has 0 aliphatic heterocycles. The van der Waals surface area contributed by atoms with Crippen molar-refractivity contribution in [2.75, 3.05) is 14.2 Å². The predicted molar refractivity (Wildman–Crippen MR) is 95.9 cm³/mol. The zero-order chi connectivity index (χ0) is 21.4. The molecular weight excluding hydrogens is 358 g/mol. The maximum absolute atomic E-state index is 12.6.